The largest absolute Gasteiger partial charge is 0.311 e. The molecule has 3 atom stereocenters. The van der Waals surface area contributed by atoms with Crippen LogP contribution in [0.2, 0.25) is 0 Å². The lowest BCUT2D eigenvalue weighted by molar-refractivity contribution is 0.203. The van der Waals surface area contributed by atoms with Gasteiger partial charge in [0.25, 0.3) is 10.2 Å². The molecular formula is C15H29N3O2S. The summed E-state index contributed by atoms with van der Waals surface area (Å²) >= 11 is 0. The molecule has 3 aliphatic rings. The molecule has 0 aliphatic carbocycles. The molecule has 1 N–H and O–H groups in total. The quantitative estimate of drug-likeness (QED) is 0.857. The smallest absolute Gasteiger partial charge is 0.282 e. The topological polar surface area (TPSA) is 52.7 Å². The molecule has 0 radical (unpaired) electrons. The molecule has 3 aliphatic heterocycles. The minimum atomic E-state index is -3.29. The first kappa shape index (κ1) is 15.7. The Bertz CT molecular complexity index is 456. The molecule has 5 nitrogen and oxygen atoms in total. The number of rotatable bonds is 4. The fourth-order valence-corrected chi connectivity index (χ4v) is 6.35. The molecule has 21 heavy (non-hydrogen) atoms. The molecule has 0 aromatic heterocycles. The number of hydrogen-bond donors (Lipinski definition) is 1. The van der Waals surface area contributed by atoms with Crippen LogP contribution in [-0.4, -0.2) is 54.8 Å². The van der Waals surface area contributed by atoms with Crippen molar-refractivity contribution in [3.05, 3.63) is 0 Å². The summed E-state index contributed by atoms with van der Waals surface area (Å²) in [5.41, 5.74) is 0. The Morgan fingerprint density at radius 1 is 1.19 bits per heavy atom. The molecule has 0 aromatic rings. The first-order valence-corrected chi connectivity index (χ1v) is 9.93. The summed E-state index contributed by atoms with van der Waals surface area (Å²) in [5, 5.41) is 3.60. The molecule has 0 aromatic carbocycles. The molecule has 3 rings (SSSR count). The number of piperidine rings is 2. The molecule has 3 fully saturated rings. The van der Waals surface area contributed by atoms with Crippen molar-refractivity contribution in [3.8, 4) is 0 Å². The average Bonchev–Trinajstić information content (AvgIpc) is 2.78. The van der Waals surface area contributed by atoms with Crippen LogP contribution in [0.15, 0.2) is 0 Å². The third-order valence-electron chi connectivity index (χ3n) is 5.41. The molecule has 0 spiro atoms. The fraction of sp³-hybridized carbons (Fsp3) is 1.00. The van der Waals surface area contributed by atoms with Crippen molar-refractivity contribution in [1.82, 2.24) is 13.9 Å². The van der Waals surface area contributed by atoms with E-state index >= 15 is 0 Å². The molecule has 6 heteroatoms. The zero-order valence-electron chi connectivity index (χ0n) is 13.3. The van der Waals surface area contributed by atoms with Crippen LogP contribution in [0.1, 0.15) is 52.4 Å². The van der Waals surface area contributed by atoms with Gasteiger partial charge in [0.1, 0.15) is 0 Å². The predicted octanol–water partition coefficient (Wildman–Crippen LogP) is 1.57. The lowest BCUT2D eigenvalue weighted by atomic mass is 10.00. The van der Waals surface area contributed by atoms with Crippen molar-refractivity contribution in [3.63, 3.8) is 0 Å². The standard InChI is InChI=1S/C15H29N3O2S/c1-3-18(15-9-13-6-7-14(10-15)16-13)21(19,20)17-8-4-5-12(2)11-17/h12-16H,3-11H2,1-2H3. The van der Waals surface area contributed by atoms with Gasteiger partial charge in [0.05, 0.1) is 0 Å². The first-order valence-electron chi connectivity index (χ1n) is 8.53. The minimum Gasteiger partial charge on any atom is -0.311 e. The maximum atomic E-state index is 13.0. The lowest BCUT2D eigenvalue weighted by Crippen LogP contribution is -2.55. The Hall–Kier alpha value is -0.170. The van der Waals surface area contributed by atoms with Crippen molar-refractivity contribution in [2.75, 3.05) is 19.6 Å². The van der Waals surface area contributed by atoms with Gasteiger partial charge in [-0.05, 0) is 44.4 Å². The maximum absolute atomic E-state index is 13.0. The zero-order valence-corrected chi connectivity index (χ0v) is 14.1. The van der Waals surface area contributed by atoms with Crippen LogP contribution in [0.25, 0.3) is 0 Å². The molecule has 122 valence electrons. The Kier molecular flexibility index (Phi) is 4.60. The van der Waals surface area contributed by atoms with Gasteiger partial charge in [-0.25, -0.2) is 0 Å². The summed E-state index contributed by atoms with van der Waals surface area (Å²) in [4.78, 5) is 0. The van der Waals surface area contributed by atoms with Gasteiger partial charge < -0.3 is 5.32 Å². The van der Waals surface area contributed by atoms with E-state index in [0.717, 1.165) is 25.7 Å². The van der Waals surface area contributed by atoms with Gasteiger partial charge in [-0.15, -0.1) is 0 Å². The third kappa shape index (κ3) is 3.14. The molecule has 0 saturated carbocycles. The second-order valence-corrected chi connectivity index (χ2v) is 8.96. The van der Waals surface area contributed by atoms with Crippen molar-refractivity contribution in [2.45, 2.75) is 70.5 Å². The zero-order chi connectivity index (χ0) is 15.0. The van der Waals surface area contributed by atoms with Gasteiger partial charge in [0.2, 0.25) is 0 Å². The van der Waals surface area contributed by atoms with Gasteiger partial charge in [-0.1, -0.05) is 13.8 Å². The molecule has 3 heterocycles. The van der Waals surface area contributed by atoms with E-state index in [1.54, 1.807) is 8.61 Å². The Labute approximate surface area is 129 Å². The van der Waals surface area contributed by atoms with Gasteiger partial charge in [0.15, 0.2) is 0 Å². The minimum absolute atomic E-state index is 0.191. The Balaban J connectivity index is 1.75. The van der Waals surface area contributed by atoms with E-state index in [2.05, 4.69) is 12.2 Å². The second-order valence-electron chi connectivity index (χ2n) is 7.08. The van der Waals surface area contributed by atoms with Crippen LogP contribution in [0, 0.1) is 5.92 Å². The Morgan fingerprint density at radius 3 is 2.43 bits per heavy atom. The number of nitrogens with zero attached hydrogens (tertiary/aromatic N) is 2. The second kappa shape index (κ2) is 6.14. The van der Waals surface area contributed by atoms with Gasteiger partial charge >= 0.3 is 0 Å². The van der Waals surface area contributed by atoms with Crippen LogP contribution in [0.3, 0.4) is 0 Å². The van der Waals surface area contributed by atoms with Crippen molar-refractivity contribution in [1.29, 1.82) is 0 Å². The molecular weight excluding hydrogens is 286 g/mol. The number of nitrogens with one attached hydrogen (secondary N) is 1. The van der Waals surface area contributed by atoms with E-state index < -0.39 is 10.2 Å². The fourth-order valence-electron chi connectivity index (χ4n) is 4.38. The van der Waals surface area contributed by atoms with Gasteiger partial charge in [-0.3, -0.25) is 0 Å². The van der Waals surface area contributed by atoms with Crippen molar-refractivity contribution >= 4 is 10.2 Å². The summed E-state index contributed by atoms with van der Waals surface area (Å²) in [6.45, 7) is 6.12. The third-order valence-corrected chi connectivity index (χ3v) is 7.54. The van der Waals surface area contributed by atoms with Crippen LogP contribution >= 0.6 is 0 Å². The first-order chi connectivity index (χ1) is 10.0. The van der Waals surface area contributed by atoms with Gasteiger partial charge in [0, 0.05) is 37.8 Å². The lowest BCUT2D eigenvalue weighted by Gasteiger charge is -2.40. The summed E-state index contributed by atoms with van der Waals surface area (Å²) in [5.74, 6) is 0.483. The highest BCUT2D eigenvalue weighted by atomic mass is 32.2. The predicted molar refractivity (Wildman–Crippen MR) is 84.2 cm³/mol. The van der Waals surface area contributed by atoms with E-state index in [9.17, 15) is 8.42 Å². The molecule has 3 saturated heterocycles. The van der Waals surface area contributed by atoms with Crippen LogP contribution in [-0.2, 0) is 10.2 Å². The summed E-state index contributed by atoms with van der Waals surface area (Å²) in [7, 11) is -3.29. The van der Waals surface area contributed by atoms with Crippen LogP contribution < -0.4 is 5.32 Å². The monoisotopic (exact) mass is 315 g/mol. The molecule has 0 amide bonds. The highest BCUT2D eigenvalue weighted by Crippen LogP contribution is 2.32. The molecule has 2 bridgehead atoms. The normalized spacial score (nSPS) is 38.0. The average molecular weight is 315 g/mol. The maximum Gasteiger partial charge on any atom is 0.282 e. The number of hydrogen-bond acceptors (Lipinski definition) is 3. The highest BCUT2D eigenvalue weighted by molar-refractivity contribution is 7.86. The SMILES string of the molecule is CCN(C1CC2CCC(C1)N2)S(=O)(=O)N1CCCC(C)C1. The van der Waals surface area contributed by atoms with E-state index in [-0.39, 0.29) is 6.04 Å². The number of fused-ring (bicyclic) bond motifs is 2. The van der Waals surface area contributed by atoms with Gasteiger partial charge in [-0.2, -0.15) is 17.0 Å². The van der Waals surface area contributed by atoms with Crippen molar-refractivity contribution in [2.24, 2.45) is 5.92 Å². The van der Waals surface area contributed by atoms with E-state index in [4.69, 9.17) is 0 Å². The van der Waals surface area contributed by atoms with E-state index in [1.165, 1.54) is 12.8 Å². The summed E-state index contributed by atoms with van der Waals surface area (Å²) in [6, 6.07) is 1.24. The van der Waals surface area contributed by atoms with Crippen molar-refractivity contribution < 1.29 is 8.42 Å². The van der Waals surface area contributed by atoms with E-state index in [0.29, 0.717) is 37.6 Å². The highest BCUT2D eigenvalue weighted by Gasteiger charge is 2.41. The van der Waals surface area contributed by atoms with Crippen LogP contribution in [0.4, 0.5) is 0 Å². The molecule has 3 unspecified atom stereocenters. The van der Waals surface area contributed by atoms with Crippen LogP contribution in [0.5, 0.6) is 0 Å². The Morgan fingerprint density at radius 2 is 1.86 bits per heavy atom. The summed E-state index contributed by atoms with van der Waals surface area (Å²) < 4.78 is 29.6. The van der Waals surface area contributed by atoms with E-state index in [1.807, 2.05) is 6.92 Å². The summed E-state index contributed by atoms with van der Waals surface area (Å²) in [6.07, 6.45) is 6.52.